The molecule has 2 aromatic rings. The zero-order valence-corrected chi connectivity index (χ0v) is 9.16. The van der Waals surface area contributed by atoms with E-state index in [1.165, 1.54) is 19.2 Å². The van der Waals surface area contributed by atoms with Crippen molar-refractivity contribution in [3.63, 3.8) is 0 Å². The van der Waals surface area contributed by atoms with E-state index >= 15 is 0 Å². The van der Waals surface area contributed by atoms with E-state index in [1.807, 2.05) is 0 Å². The molecule has 1 heterocycles. The normalized spacial score (nSPS) is 10.4. The number of carbonyl (C=O) groups is 1. The number of fused-ring (bicyclic) bond motifs is 1. The lowest BCUT2D eigenvalue weighted by atomic mass is 10.2. The minimum absolute atomic E-state index is 0.000420. The summed E-state index contributed by atoms with van der Waals surface area (Å²) < 4.78 is 19.0. The zero-order chi connectivity index (χ0) is 11.7. The van der Waals surface area contributed by atoms with Crippen LogP contribution in [-0.4, -0.2) is 18.2 Å². The van der Waals surface area contributed by atoms with Crippen LogP contribution in [0.3, 0.4) is 0 Å². The molecule has 16 heavy (non-hydrogen) atoms. The Morgan fingerprint density at radius 1 is 1.62 bits per heavy atom. The molecule has 7 heteroatoms. The summed E-state index contributed by atoms with van der Waals surface area (Å²) in [6.45, 7) is 0. The molecule has 1 aromatic heterocycles. The average Bonchev–Trinajstić information content (AvgIpc) is 2.72. The Morgan fingerprint density at radius 2 is 2.38 bits per heavy atom. The molecular formula is C9H8FN3O2S. The van der Waals surface area contributed by atoms with Gasteiger partial charge in [-0.3, -0.25) is 0 Å². The van der Waals surface area contributed by atoms with Crippen molar-refractivity contribution in [3.8, 4) is 0 Å². The molecule has 0 aliphatic carbocycles. The lowest BCUT2D eigenvalue weighted by Gasteiger charge is -2.10. The molecule has 0 saturated heterocycles. The summed E-state index contributed by atoms with van der Waals surface area (Å²) in [6.07, 6.45) is 0. The van der Waals surface area contributed by atoms with Crippen LogP contribution in [0.5, 0.6) is 0 Å². The van der Waals surface area contributed by atoms with Crippen LogP contribution in [0.4, 0.5) is 15.0 Å². The lowest BCUT2D eigenvalue weighted by Crippen LogP contribution is -2.31. The molecule has 0 spiro atoms. The summed E-state index contributed by atoms with van der Waals surface area (Å²) >= 11 is 3.95. The van der Waals surface area contributed by atoms with Gasteiger partial charge in [-0.15, -0.1) is 0 Å². The molecule has 0 unspecified atom stereocenters. The molecule has 0 aliphatic rings. The average molecular weight is 241 g/mol. The number of halogens is 1. The molecule has 0 atom stereocenters. The molecule has 84 valence electrons. The number of amides is 2. The molecule has 0 aliphatic heterocycles. The number of urea groups is 1. The predicted octanol–water partition coefficient (Wildman–Crippen LogP) is 1.96. The van der Waals surface area contributed by atoms with E-state index in [9.17, 15) is 9.18 Å². The minimum Gasteiger partial charge on any atom is -0.351 e. The van der Waals surface area contributed by atoms with Gasteiger partial charge in [-0.1, -0.05) is 24.0 Å². The Morgan fingerprint density at radius 3 is 3.06 bits per heavy atom. The molecule has 2 amide bonds. The number of anilines is 1. The van der Waals surface area contributed by atoms with Crippen LogP contribution in [-0.2, 0) is 0 Å². The van der Waals surface area contributed by atoms with Gasteiger partial charge in [0.1, 0.15) is 0 Å². The van der Waals surface area contributed by atoms with Crippen LogP contribution in [0.25, 0.3) is 11.0 Å². The van der Waals surface area contributed by atoms with Crippen molar-refractivity contribution in [1.29, 1.82) is 0 Å². The van der Waals surface area contributed by atoms with Crippen molar-refractivity contribution in [1.82, 2.24) is 10.5 Å². The second kappa shape index (κ2) is 4.01. The first-order valence-corrected chi connectivity index (χ1v) is 4.79. The smallest absolute Gasteiger partial charge is 0.333 e. The van der Waals surface area contributed by atoms with Gasteiger partial charge in [-0.05, 0) is 12.1 Å². The quantitative estimate of drug-likeness (QED) is 0.750. The second-order valence-corrected chi connectivity index (χ2v) is 3.39. The number of rotatable bonds is 1. The van der Waals surface area contributed by atoms with Crippen molar-refractivity contribution in [3.05, 3.63) is 24.0 Å². The topological polar surface area (TPSA) is 58.4 Å². The van der Waals surface area contributed by atoms with E-state index in [4.69, 9.17) is 4.52 Å². The first-order chi connectivity index (χ1) is 7.65. The number of para-hydroxylation sites is 1. The monoisotopic (exact) mass is 241 g/mol. The summed E-state index contributed by atoms with van der Waals surface area (Å²) in [6, 6.07) is 3.86. The Kier molecular flexibility index (Phi) is 2.69. The summed E-state index contributed by atoms with van der Waals surface area (Å²) in [5.41, 5.74) is 0.000420. The molecular weight excluding hydrogens is 233 g/mol. The number of nitrogens with one attached hydrogen (secondary N) is 1. The van der Waals surface area contributed by atoms with Crippen LogP contribution in [0.1, 0.15) is 0 Å². The van der Waals surface area contributed by atoms with Crippen LogP contribution >= 0.6 is 12.8 Å². The van der Waals surface area contributed by atoms with Crippen LogP contribution in [0.15, 0.2) is 22.7 Å². The van der Waals surface area contributed by atoms with Gasteiger partial charge in [0.2, 0.25) is 5.58 Å². The third-order valence-electron chi connectivity index (χ3n) is 2.04. The highest BCUT2D eigenvalue weighted by atomic mass is 32.1. The van der Waals surface area contributed by atoms with Gasteiger partial charge < -0.3 is 9.84 Å². The molecule has 5 nitrogen and oxygen atoms in total. The van der Waals surface area contributed by atoms with Gasteiger partial charge in [0.15, 0.2) is 11.6 Å². The molecule has 0 fully saturated rings. The number of nitrogens with zero attached hydrogens (tertiary/aromatic N) is 2. The fourth-order valence-electron chi connectivity index (χ4n) is 1.27. The zero-order valence-electron chi connectivity index (χ0n) is 8.27. The lowest BCUT2D eigenvalue weighted by molar-refractivity contribution is 0.251. The fourth-order valence-corrected chi connectivity index (χ4v) is 1.51. The maximum absolute atomic E-state index is 13.3. The van der Waals surface area contributed by atoms with Crippen molar-refractivity contribution < 1.29 is 13.7 Å². The number of aromatic nitrogens is 1. The van der Waals surface area contributed by atoms with E-state index in [0.717, 1.165) is 4.31 Å². The number of hydrogen-bond acceptors (Lipinski definition) is 4. The summed E-state index contributed by atoms with van der Waals surface area (Å²) in [5, 5.41) is 6.35. The summed E-state index contributed by atoms with van der Waals surface area (Å²) in [4.78, 5) is 11.3. The Labute approximate surface area is 95.7 Å². The van der Waals surface area contributed by atoms with Crippen LogP contribution < -0.4 is 9.62 Å². The molecule has 1 N–H and O–H groups in total. The van der Waals surface area contributed by atoms with Crippen molar-refractivity contribution in [2.24, 2.45) is 0 Å². The van der Waals surface area contributed by atoms with E-state index < -0.39 is 11.8 Å². The van der Waals surface area contributed by atoms with Crippen LogP contribution in [0, 0.1) is 5.82 Å². The highest BCUT2D eigenvalue weighted by Gasteiger charge is 2.19. The van der Waals surface area contributed by atoms with Crippen molar-refractivity contribution in [2.75, 3.05) is 11.4 Å². The highest BCUT2D eigenvalue weighted by Crippen LogP contribution is 2.28. The molecule has 0 saturated carbocycles. The molecule has 0 radical (unpaired) electrons. The van der Waals surface area contributed by atoms with Crippen molar-refractivity contribution in [2.45, 2.75) is 0 Å². The highest BCUT2D eigenvalue weighted by molar-refractivity contribution is 7.82. The van der Waals surface area contributed by atoms with Gasteiger partial charge >= 0.3 is 6.03 Å². The Bertz CT molecular complexity index is 543. The minimum atomic E-state index is -0.533. The molecule has 1 aromatic carbocycles. The number of thiol groups is 1. The van der Waals surface area contributed by atoms with Gasteiger partial charge in [-0.2, -0.15) is 0 Å². The standard InChI is InChI=1S/C9H8FN3O2S/c1-11-9(14)13(16)8-5-3-2-4-6(10)7(5)15-12-8/h2-4,16H,1H3,(H,11,14). The third-order valence-corrected chi connectivity index (χ3v) is 2.41. The number of hydrogen-bond donors (Lipinski definition) is 2. The first kappa shape index (κ1) is 10.7. The van der Waals surface area contributed by atoms with Crippen molar-refractivity contribution >= 4 is 35.6 Å². The largest absolute Gasteiger partial charge is 0.351 e. The Hall–Kier alpha value is -1.76. The van der Waals surface area contributed by atoms with Gasteiger partial charge in [0, 0.05) is 7.05 Å². The van der Waals surface area contributed by atoms with E-state index in [-0.39, 0.29) is 11.4 Å². The van der Waals surface area contributed by atoms with Crippen LogP contribution in [0.2, 0.25) is 0 Å². The summed E-state index contributed by atoms with van der Waals surface area (Å²) in [7, 11) is 1.45. The number of benzene rings is 1. The fraction of sp³-hybridized carbons (Fsp3) is 0.111. The van der Waals surface area contributed by atoms with Gasteiger partial charge in [-0.25, -0.2) is 13.5 Å². The van der Waals surface area contributed by atoms with E-state index in [2.05, 4.69) is 23.3 Å². The molecule has 0 bridgehead atoms. The van der Waals surface area contributed by atoms with E-state index in [0.29, 0.717) is 5.39 Å². The predicted molar refractivity (Wildman–Crippen MR) is 59.9 cm³/mol. The maximum atomic E-state index is 13.3. The Balaban J connectivity index is 2.54. The van der Waals surface area contributed by atoms with Gasteiger partial charge in [0.05, 0.1) is 5.39 Å². The van der Waals surface area contributed by atoms with E-state index in [1.54, 1.807) is 6.07 Å². The molecule has 2 rings (SSSR count). The maximum Gasteiger partial charge on any atom is 0.333 e. The number of carbonyl (C=O) groups excluding carboxylic acids is 1. The second-order valence-electron chi connectivity index (χ2n) is 2.99. The summed E-state index contributed by atoms with van der Waals surface area (Å²) in [5.74, 6) is -0.382. The first-order valence-electron chi connectivity index (χ1n) is 4.39. The third kappa shape index (κ3) is 1.58. The van der Waals surface area contributed by atoms with Gasteiger partial charge in [0.25, 0.3) is 0 Å². The SMILES string of the molecule is CNC(=O)N(S)c1noc2c(F)cccc12.